The van der Waals surface area contributed by atoms with Gasteiger partial charge in [-0.2, -0.15) is 18.3 Å². The standard InChI is InChI=1S/C9H7F3N4/c10-9(11,12)6-4-15-16(5-6)8-7(13)2-1-3-14-8/h1-5H,13H2. The molecule has 2 aromatic heterocycles. The van der Waals surface area contributed by atoms with Crippen LogP contribution in [0.1, 0.15) is 5.56 Å². The van der Waals surface area contributed by atoms with E-state index in [1.807, 2.05) is 0 Å². The molecule has 0 aromatic carbocycles. The fourth-order valence-corrected chi connectivity index (χ4v) is 1.19. The fourth-order valence-electron chi connectivity index (χ4n) is 1.19. The van der Waals surface area contributed by atoms with Crippen LogP contribution in [0, 0.1) is 0 Å². The average molecular weight is 228 g/mol. The van der Waals surface area contributed by atoms with Gasteiger partial charge in [0.05, 0.1) is 17.4 Å². The Kier molecular flexibility index (Phi) is 2.30. The molecule has 0 aliphatic carbocycles. The van der Waals surface area contributed by atoms with Gasteiger partial charge in [0, 0.05) is 12.4 Å². The van der Waals surface area contributed by atoms with Gasteiger partial charge in [-0.3, -0.25) is 0 Å². The van der Waals surface area contributed by atoms with Crippen molar-refractivity contribution in [1.82, 2.24) is 14.8 Å². The topological polar surface area (TPSA) is 56.7 Å². The minimum absolute atomic E-state index is 0.179. The van der Waals surface area contributed by atoms with Crippen LogP contribution in [0.2, 0.25) is 0 Å². The quantitative estimate of drug-likeness (QED) is 0.810. The monoisotopic (exact) mass is 228 g/mol. The van der Waals surface area contributed by atoms with Crippen LogP contribution in [0.25, 0.3) is 5.82 Å². The number of alkyl halides is 3. The van der Waals surface area contributed by atoms with E-state index in [4.69, 9.17) is 5.73 Å². The van der Waals surface area contributed by atoms with Crippen LogP contribution >= 0.6 is 0 Å². The van der Waals surface area contributed by atoms with E-state index in [0.717, 1.165) is 17.1 Å². The highest BCUT2D eigenvalue weighted by molar-refractivity contribution is 5.51. The zero-order valence-electron chi connectivity index (χ0n) is 7.94. The second-order valence-electron chi connectivity index (χ2n) is 3.09. The van der Waals surface area contributed by atoms with Gasteiger partial charge in [0.15, 0.2) is 5.82 Å². The molecule has 0 spiro atoms. The van der Waals surface area contributed by atoms with Crippen LogP contribution < -0.4 is 5.73 Å². The molecule has 0 bridgehead atoms. The predicted molar refractivity (Wildman–Crippen MR) is 50.8 cm³/mol. The molecule has 4 nitrogen and oxygen atoms in total. The molecule has 2 N–H and O–H groups in total. The van der Waals surface area contributed by atoms with E-state index in [2.05, 4.69) is 10.1 Å². The zero-order chi connectivity index (χ0) is 11.8. The van der Waals surface area contributed by atoms with Crippen molar-refractivity contribution >= 4 is 5.69 Å². The van der Waals surface area contributed by atoms with Crippen molar-refractivity contribution in [3.05, 3.63) is 36.3 Å². The van der Waals surface area contributed by atoms with Crippen molar-refractivity contribution in [2.75, 3.05) is 5.73 Å². The first-order chi connectivity index (χ1) is 7.48. The molecule has 0 amide bonds. The number of nitrogens with two attached hydrogens (primary N) is 1. The third kappa shape index (κ3) is 1.83. The minimum Gasteiger partial charge on any atom is -0.396 e. The number of pyridine rings is 1. The third-order valence-corrected chi connectivity index (χ3v) is 1.94. The van der Waals surface area contributed by atoms with E-state index in [9.17, 15) is 13.2 Å². The number of nitrogens with zero attached hydrogens (tertiary/aromatic N) is 3. The van der Waals surface area contributed by atoms with E-state index in [1.165, 1.54) is 12.3 Å². The van der Waals surface area contributed by atoms with E-state index in [1.54, 1.807) is 6.07 Å². The molecule has 0 saturated heterocycles. The normalized spacial score (nSPS) is 11.7. The lowest BCUT2D eigenvalue weighted by Gasteiger charge is -2.03. The van der Waals surface area contributed by atoms with Crippen molar-refractivity contribution in [2.24, 2.45) is 0 Å². The maximum atomic E-state index is 12.3. The molecule has 16 heavy (non-hydrogen) atoms. The summed E-state index contributed by atoms with van der Waals surface area (Å²) in [6.07, 6.45) is -1.41. The highest BCUT2D eigenvalue weighted by Gasteiger charge is 2.32. The first-order valence-corrected chi connectivity index (χ1v) is 4.31. The van der Waals surface area contributed by atoms with Crippen LogP contribution in [0.4, 0.5) is 18.9 Å². The van der Waals surface area contributed by atoms with Gasteiger partial charge in [-0.25, -0.2) is 9.67 Å². The SMILES string of the molecule is Nc1cccnc1-n1cc(C(F)(F)F)cn1. The molecule has 2 rings (SSSR count). The van der Waals surface area contributed by atoms with Crippen LogP contribution in [0.15, 0.2) is 30.7 Å². The van der Waals surface area contributed by atoms with Gasteiger partial charge in [0.2, 0.25) is 0 Å². The van der Waals surface area contributed by atoms with Crippen LogP contribution in [0.5, 0.6) is 0 Å². The lowest BCUT2D eigenvalue weighted by atomic mass is 10.3. The van der Waals surface area contributed by atoms with Gasteiger partial charge in [0.25, 0.3) is 0 Å². The second-order valence-corrected chi connectivity index (χ2v) is 3.09. The molecular formula is C9H7F3N4. The number of nitrogen functional groups attached to an aromatic ring is 1. The predicted octanol–water partition coefficient (Wildman–Crippen LogP) is 1.87. The van der Waals surface area contributed by atoms with E-state index < -0.39 is 11.7 Å². The Morgan fingerprint density at radius 3 is 2.62 bits per heavy atom. The lowest BCUT2D eigenvalue weighted by Crippen LogP contribution is -2.04. The smallest absolute Gasteiger partial charge is 0.396 e. The van der Waals surface area contributed by atoms with E-state index >= 15 is 0 Å². The lowest BCUT2D eigenvalue weighted by molar-refractivity contribution is -0.137. The summed E-state index contributed by atoms with van der Waals surface area (Å²) >= 11 is 0. The van der Waals surface area contributed by atoms with Crippen molar-refractivity contribution in [1.29, 1.82) is 0 Å². The van der Waals surface area contributed by atoms with Gasteiger partial charge in [0.1, 0.15) is 0 Å². The molecule has 2 aromatic rings. The Bertz CT molecular complexity index is 503. The highest BCUT2D eigenvalue weighted by Crippen LogP contribution is 2.29. The molecule has 0 fully saturated rings. The third-order valence-electron chi connectivity index (χ3n) is 1.94. The fraction of sp³-hybridized carbons (Fsp3) is 0.111. The zero-order valence-corrected chi connectivity index (χ0v) is 7.94. The molecule has 7 heteroatoms. The maximum Gasteiger partial charge on any atom is 0.419 e. The molecule has 0 unspecified atom stereocenters. The summed E-state index contributed by atoms with van der Waals surface area (Å²) in [5, 5.41) is 3.57. The van der Waals surface area contributed by atoms with Crippen LogP contribution in [0.3, 0.4) is 0 Å². The van der Waals surface area contributed by atoms with Gasteiger partial charge in [-0.1, -0.05) is 0 Å². The number of anilines is 1. The molecule has 0 saturated carbocycles. The summed E-state index contributed by atoms with van der Waals surface area (Å²) in [4.78, 5) is 3.85. The van der Waals surface area contributed by atoms with Crippen molar-refractivity contribution in [3.63, 3.8) is 0 Å². The molecule has 0 aliphatic rings. The second kappa shape index (κ2) is 3.51. The Morgan fingerprint density at radius 2 is 2.06 bits per heavy atom. The van der Waals surface area contributed by atoms with Crippen molar-refractivity contribution in [2.45, 2.75) is 6.18 Å². The largest absolute Gasteiger partial charge is 0.419 e. The number of rotatable bonds is 1. The summed E-state index contributed by atoms with van der Waals surface area (Å²) in [7, 11) is 0. The summed E-state index contributed by atoms with van der Waals surface area (Å²) in [6, 6.07) is 3.13. The molecular weight excluding hydrogens is 221 g/mol. The summed E-state index contributed by atoms with van der Waals surface area (Å²) in [5.74, 6) is 0.179. The Hall–Kier alpha value is -2.05. The van der Waals surface area contributed by atoms with Gasteiger partial charge < -0.3 is 5.73 Å². The van der Waals surface area contributed by atoms with Crippen LogP contribution in [-0.4, -0.2) is 14.8 Å². The molecule has 0 radical (unpaired) electrons. The van der Waals surface area contributed by atoms with Crippen molar-refractivity contribution < 1.29 is 13.2 Å². The molecule has 84 valence electrons. The van der Waals surface area contributed by atoms with E-state index in [0.29, 0.717) is 0 Å². The van der Waals surface area contributed by atoms with Gasteiger partial charge in [-0.15, -0.1) is 0 Å². The van der Waals surface area contributed by atoms with E-state index in [-0.39, 0.29) is 11.5 Å². The Labute approximate surface area is 88.5 Å². The molecule has 2 heterocycles. The number of aromatic nitrogens is 3. The maximum absolute atomic E-state index is 12.3. The Balaban J connectivity index is 2.44. The van der Waals surface area contributed by atoms with Gasteiger partial charge >= 0.3 is 6.18 Å². The molecule has 0 aliphatic heterocycles. The molecule has 0 atom stereocenters. The first-order valence-electron chi connectivity index (χ1n) is 4.31. The number of hydrogen-bond acceptors (Lipinski definition) is 3. The number of hydrogen-bond donors (Lipinski definition) is 1. The first kappa shape index (κ1) is 10.5. The minimum atomic E-state index is -4.41. The van der Waals surface area contributed by atoms with Crippen molar-refractivity contribution in [3.8, 4) is 5.82 Å². The average Bonchev–Trinajstić information content (AvgIpc) is 2.66. The van der Waals surface area contributed by atoms with Gasteiger partial charge in [-0.05, 0) is 12.1 Å². The summed E-state index contributed by atoms with van der Waals surface area (Å²) in [6.45, 7) is 0. The van der Waals surface area contributed by atoms with Crippen LogP contribution in [-0.2, 0) is 6.18 Å². The number of halogens is 3. The summed E-state index contributed by atoms with van der Waals surface area (Å²) in [5.41, 5.74) is 4.99. The summed E-state index contributed by atoms with van der Waals surface area (Å²) < 4.78 is 37.9. The Morgan fingerprint density at radius 1 is 1.31 bits per heavy atom. The highest BCUT2D eigenvalue weighted by atomic mass is 19.4.